The number of hydrogen-bond acceptors (Lipinski definition) is 3. The summed E-state index contributed by atoms with van der Waals surface area (Å²) in [4.78, 5) is 17.4. The fourth-order valence-corrected chi connectivity index (χ4v) is 1.98. The van der Waals surface area contributed by atoms with Crippen LogP contribution >= 0.6 is 0 Å². The SMILES string of the molecule is CC(=O)N1CCN=C1COc1cccc(C)c1C. The minimum atomic E-state index is 0.0239. The first-order valence-electron chi connectivity index (χ1n) is 6.10. The molecule has 96 valence electrons. The van der Waals surface area contributed by atoms with Crippen LogP contribution in [0.1, 0.15) is 18.1 Å². The highest BCUT2D eigenvalue weighted by Gasteiger charge is 2.20. The number of nitrogens with zero attached hydrogens (tertiary/aromatic N) is 2. The lowest BCUT2D eigenvalue weighted by Crippen LogP contribution is -2.35. The summed E-state index contributed by atoms with van der Waals surface area (Å²) in [5.41, 5.74) is 2.33. The molecule has 0 saturated heterocycles. The van der Waals surface area contributed by atoms with E-state index in [9.17, 15) is 4.79 Å². The fraction of sp³-hybridized carbons (Fsp3) is 0.429. The van der Waals surface area contributed by atoms with Gasteiger partial charge in [0.15, 0.2) is 0 Å². The van der Waals surface area contributed by atoms with Crippen LogP contribution in [0.2, 0.25) is 0 Å². The highest BCUT2D eigenvalue weighted by molar-refractivity contribution is 5.99. The quantitative estimate of drug-likeness (QED) is 0.818. The van der Waals surface area contributed by atoms with Crippen LogP contribution in [0.5, 0.6) is 5.75 Å². The molecule has 1 amide bonds. The number of aliphatic imine (C=N–C) groups is 1. The van der Waals surface area contributed by atoms with E-state index in [2.05, 4.69) is 18.0 Å². The minimum absolute atomic E-state index is 0.0239. The van der Waals surface area contributed by atoms with Crippen molar-refractivity contribution in [3.8, 4) is 5.75 Å². The summed E-state index contributed by atoms with van der Waals surface area (Å²) in [5, 5.41) is 0. The van der Waals surface area contributed by atoms with Gasteiger partial charge in [0.05, 0.1) is 6.54 Å². The first-order chi connectivity index (χ1) is 8.59. The van der Waals surface area contributed by atoms with Crippen LogP contribution < -0.4 is 4.74 Å². The van der Waals surface area contributed by atoms with Crippen molar-refractivity contribution in [1.82, 2.24) is 4.90 Å². The van der Waals surface area contributed by atoms with E-state index in [0.29, 0.717) is 19.7 Å². The number of hydrogen-bond donors (Lipinski definition) is 0. The number of carbonyl (C=O) groups is 1. The maximum atomic E-state index is 11.4. The molecule has 1 aromatic rings. The molecule has 0 radical (unpaired) electrons. The Morgan fingerprint density at radius 1 is 1.44 bits per heavy atom. The molecule has 4 nitrogen and oxygen atoms in total. The maximum Gasteiger partial charge on any atom is 0.224 e. The molecule has 1 aliphatic heterocycles. The van der Waals surface area contributed by atoms with Crippen molar-refractivity contribution in [2.24, 2.45) is 4.99 Å². The molecule has 4 heteroatoms. The molecule has 1 heterocycles. The second-order valence-corrected chi connectivity index (χ2v) is 4.46. The molecule has 0 spiro atoms. The molecule has 0 fully saturated rings. The number of carbonyl (C=O) groups excluding carboxylic acids is 1. The minimum Gasteiger partial charge on any atom is -0.485 e. The standard InChI is InChI=1S/C14H18N2O2/c1-10-5-4-6-13(11(10)2)18-9-14-15-7-8-16(14)12(3)17/h4-6H,7-9H2,1-3H3. The monoisotopic (exact) mass is 246 g/mol. The van der Waals surface area contributed by atoms with Crippen LogP contribution in [-0.2, 0) is 4.79 Å². The van der Waals surface area contributed by atoms with E-state index in [1.54, 1.807) is 11.8 Å². The van der Waals surface area contributed by atoms with E-state index in [1.165, 1.54) is 5.56 Å². The zero-order valence-electron chi connectivity index (χ0n) is 11.1. The Kier molecular flexibility index (Phi) is 3.65. The number of amides is 1. The Balaban J connectivity index is 2.04. The lowest BCUT2D eigenvalue weighted by atomic mass is 10.1. The predicted molar refractivity (Wildman–Crippen MR) is 71.1 cm³/mol. The highest BCUT2D eigenvalue weighted by Crippen LogP contribution is 2.20. The molecule has 0 saturated carbocycles. The van der Waals surface area contributed by atoms with Gasteiger partial charge >= 0.3 is 0 Å². The average molecular weight is 246 g/mol. The molecule has 0 atom stereocenters. The molecule has 2 rings (SSSR count). The van der Waals surface area contributed by atoms with Crippen LogP contribution in [0.4, 0.5) is 0 Å². The molecule has 1 aromatic carbocycles. The molecule has 1 aliphatic rings. The van der Waals surface area contributed by atoms with Crippen molar-refractivity contribution in [1.29, 1.82) is 0 Å². The van der Waals surface area contributed by atoms with Gasteiger partial charge < -0.3 is 4.74 Å². The smallest absolute Gasteiger partial charge is 0.224 e. The Morgan fingerprint density at radius 3 is 2.94 bits per heavy atom. The first-order valence-corrected chi connectivity index (χ1v) is 6.10. The van der Waals surface area contributed by atoms with Gasteiger partial charge in [-0.1, -0.05) is 12.1 Å². The number of ether oxygens (including phenoxy) is 1. The first kappa shape index (κ1) is 12.6. The lowest BCUT2D eigenvalue weighted by molar-refractivity contribution is -0.124. The molecule has 0 N–H and O–H groups in total. The van der Waals surface area contributed by atoms with Gasteiger partial charge in [-0.3, -0.25) is 14.7 Å². The average Bonchev–Trinajstić information content (AvgIpc) is 2.79. The van der Waals surface area contributed by atoms with Gasteiger partial charge in [-0.25, -0.2) is 0 Å². The van der Waals surface area contributed by atoms with Crippen molar-refractivity contribution in [3.05, 3.63) is 29.3 Å². The van der Waals surface area contributed by atoms with Gasteiger partial charge in [0, 0.05) is 13.5 Å². The largest absolute Gasteiger partial charge is 0.485 e. The molecule has 0 aliphatic carbocycles. The lowest BCUT2D eigenvalue weighted by Gasteiger charge is -2.17. The summed E-state index contributed by atoms with van der Waals surface area (Å²) < 4.78 is 5.76. The molecule has 0 unspecified atom stereocenters. The van der Waals surface area contributed by atoms with Crippen molar-refractivity contribution in [3.63, 3.8) is 0 Å². The molecular weight excluding hydrogens is 228 g/mol. The van der Waals surface area contributed by atoms with Gasteiger partial charge in [-0.2, -0.15) is 0 Å². The van der Waals surface area contributed by atoms with E-state index in [1.807, 2.05) is 19.1 Å². The van der Waals surface area contributed by atoms with Gasteiger partial charge in [0.1, 0.15) is 18.2 Å². The Bertz CT molecular complexity index is 495. The van der Waals surface area contributed by atoms with E-state index < -0.39 is 0 Å². The van der Waals surface area contributed by atoms with E-state index in [4.69, 9.17) is 4.74 Å². The number of amidine groups is 1. The molecule has 0 aromatic heterocycles. The zero-order chi connectivity index (χ0) is 13.1. The van der Waals surface area contributed by atoms with Crippen LogP contribution in [0.15, 0.2) is 23.2 Å². The third-order valence-electron chi connectivity index (χ3n) is 3.22. The summed E-state index contributed by atoms with van der Waals surface area (Å²) in [5.74, 6) is 1.60. The third-order valence-corrected chi connectivity index (χ3v) is 3.22. The summed E-state index contributed by atoms with van der Waals surface area (Å²) in [6.07, 6.45) is 0. The Morgan fingerprint density at radius 2 is 2.22 bits per heavy atom. The van der Waals surface area contributed by atoms with Crippen molar-refractivity contribution < 1.29 is 9.53 Å². The Labute approximate surface area is 107 Å². The van der Waals surface area contributed by atoms with Gasteiger partial charge in [0.25, 0.3) is 0 Å². The van der Waals surface area contributed by atoms with Crippen LogP contribution in [0, 0.1) is 13.8 Å². The Hall–Kier alpha value is -1.84. The summed E-state index contributed by atoms with van der Waals surface area (Å²) >= 11 is 0. The van der Waals surface area contributed by atoms with Gasteiger partial charge in [-0.15, -0.1) is 0 Å². The summed E-state index contributed by atoms with van der Waals surface area (Å²) in [7, 11) is 0. The normalized spacial score (nSPS) is 14.6. The topological polar surface area (TPSA) is 41.9 Å². The number of benzene rings is 1. The predicted octanol–water partition coefficient (Wildman–Crippen LogP) is 1.94. The van der Waals surface area contributed by atoms with Gasteiger partial charge in [0.2, 0.25) is 5.91 Å². The van der Waals surface area contributed by atoms with Gasteiger partial charge in [-0.05, 0) is 31.0 Å². The zero-order valence-corrected chi connectivity index (χ0v) is 11.1. The molecule has 18 heavy (non-hydrogen) atoms. The highest BCUT2D eigenvalue weighted by atomic mass is 16.5. The second-order valence-electron chi connectivity index (χ2n) is 4.46. The fourth-order valence-electron chi connectivity index (χ4n) is 1.98. The maximum absolute atomic E-state index is 11.4. The second kappa shape index (κ2) is 5.21. The summed E-state index contributed by atoms with van der Waals surface area (Å²) in [6.45, 7) is 7.33. The third kappa shape index (κ3) is 2.53. The van der Waals surface area contributed by atoms with Crippen LogP contribution in [-0.4, -0.2) is 36.3 Å². The molecule has 0 bridgehead atoms. The van der Waals surface area contributed by atoms with Crippen LogP contribution in [0.25, 0.3) is 0 Å². The van der Waals surface area contributed by atoms with Crippen molar-refractivity contribution in [2.45, 2.75) is 20.8 Å². The van der Waals surface area contributed by atoms with E-state index in [0.717, 1.165) is 17.1 Å². The molecular formula is C14H18N2O2. The number of rotatable bonds is 3. The number of aryl methyl sites for hydroxylation is 1. The van der Waals surface area contributed by atoms with E-state index >= 15 is 0 Å². The van der Waals surface area contributed by atoms with E-state index in [-0.39, 0.29) is 5.91 Å². The summed E-state index contributed by atoms with van der Waals surface area (Å²) in [6, 6.07) is 5.96. The van der Waals surface area contributed by atoms with Crippen molar-refractivity contribution in [2.75, 3.05) is 19.7 Å². The van der Waals surface area contributed by atoms with Crippen LogP contribution in [0.3, 0.4) is 0 Å². The van der Waals surface area contributed by atoms with Crippen molar-refractivity contribution >= 4 is 11.7 Å².